The Hall–Kier alpha value is -2.10. The molecular weight excluding hydrogens is 388 g/mol. The number of carbonyl (C=O) groups is 1. The van der Waals surface area contributed by atoms with E-state index in [9.17, 15) is 14.3 Å². The molecule has 3 aliphatic heterocycles. The van der Waals surface area contributed by atoms with Crippen molar-refractivity contribution in [1.29, 1.82) is 0 Å². The number of carboxylic acid groups (broad SMARTS) is 1. The maximum absolute atomic E-state index is 13.4. The van der Waals surface area contributed by atoms with Crippen LogP contribution in [0.25, 0.3) is 16.6 Å². The maximum atomic E-state index is 13.4. The van der Waals surface area contributed by atoms with Crippen molar-refractivity contribution in [3.8, 4) is 5.69 Å². The van der Waals surface area contributed by atoms with Crippen LogP contribution in [-0.2, 0) is 6.42 Å². The van der Waals surface area contributed by atoms with Crippen molar-refractivity contribution in [3.63, 3.8) is 0 Å². The SMILES string of the molecule is O=C(O)c1cccc2c1c(CCNC1CN3CCC1CC3)cn2-c1ccc(F)cc1.[LiH]. The normalized spacial score (nSPS) is 22.4. The molecule has 1 unspecified atom stereocenters. The van der Waals surface area contributed by atoms with Crippen molar-refractivity contribution < 1.29 is 14.3 Å². The van der Waals surface area contributed by atoms with Crippen LogP contribution in [0, 0.1) is 11.7 Å². The predicted molar refractivity (Wildman–Crippen MR) is 122 cm³/mol. The van der Waals surface area contributed by atoms with E-state index in [0.29, 0.717) is 11.6 Å². The van der Waals surface area contributed by atoms with Gasteiger partial charge >= 0.3 is 24.8 Å². The van der Waals surface area contributed by atoms with Gasteiger partial charge in [0, 0.05) is 29.9 Å². The first-order valence-electron chi connectivity index (χ1n) is 10.7. The van der Waals surface area contributed by atoms with Gasteiger partial charge in [-0.25, -0.2) is 9.18 Å². The second-order valence-electron chi connectivity index (χ2n) is 8.45. The summed E-state index contributed by atoms with van der Waals surface area (Å²) in [4.78, 5) is 14.4. The fraction of sp³-hybridized carbons (Fsp3) is 0.375. The summed E-state index contributed by atoms with van der Waals surface area (Å²) in [5.41, 5.74) is 2.96. The number of hydrogen-bond donors (Lipinski definition) is 2. The first kappa shape index (κ1) is 22.1. The van der Waals surface area contributed by atoms with Gasteiger partial charge < -0.3 is 19.9 Å². The van der Waals surface area contributed by atoms with E-state index in [0.717, 1.165) is 47.6 Å². The molecule has 0 radical (unpaired) electrons. The van der Waals surface area contributed by atoms with Crippen molar-refractivity contribution in [3.05, 3.63) is 65.6 Å². The third-order valence-electron chi connectivity index (χ3n) is 6.70. The standard InChI is InChI=1S/C24H26FN3O2.Li.H/c25-18-4-6-19(7-5-18)28-14-17(23-20(24(29)30)2-1-3-22(23)28)8-11-26-21-15-27-12-9-16(21)10-13-27;;/h1-7,14,16,21,26H,8-13,15H2,(H,29,30);;. The Morgan fingerprint density at radius 2 is 1.87 bits per heavy atom. The fourth-order valence-electron chi connectivity index (χ4n) is 5.14. The van der Waals surface area contributed by atoms with Gasteiger partial charge in [0.05, 0.1) is 11.1 Å². The van der Waals surface area contributed by atoms with Crippen molar-refractivity contribution in [2.75, 3.05) is 26.2 Å². The molecule has 2 aromatic carbocycles. The second-order valence-corrected chi connectivity index (χ2v) is 8.45. The van der Waals surface area contributed by atoms with Crippen molar-refractivity contribution >= 4 is 35.7 Å². The van der Waals surface area contributed by atoms with Crippen LogP contribution in [0.3, 0.4) is 0 Å². The molecular formula is C24H27FLiN3O2. The number of nitrogens with zero attached hydrogens (tertiary/aromatic N) is 2. The molecule has 0 amide bonds. The van der Waals surface area contributed by atoms with Gasteiger partial charge in [0.1, 0.15) is 5.82 Å². The topological polar surface area (TPSA) is 57.5 Å². The van der Waals surface area contributed by atoms with E-state index in [-0.39, 0.29) is 24.7 Å². The van der Waals surface area contributed by atoms with Gasteiger partial charge in [-0.3, -0.25) is 0 Å². The van der Waals surface area contributed by atoms with E-state index in [1.807, 2.05) is 16.8 Å². The molecule has 3 saturated heterocycles. The Labute approximate surface area is 193 Å². The number of hydrogen-bond acceptors (Lipinski definition) is 3. The number of nitrogens with one attached hydrogen (secondary N) is 1. The number of aromatic nitrogens is 1. The third kappa shape index (κ3) is 4.31. The summed E-state index contributed by atoms with van der Waals surface area (Å²) in [6, 6.07) is 12.2. The number of halogens is 1. The van der Waals surface area contributed by atoms with E-state index in [1.54, 1.807) is 24.3 Å². The van der Waals surface area contributed by atoms with E-state index >= 15 is 0 Å². The summed E-state index contributed by atoms with van der Waals surface area (Å²) in [5.74, 6) is -0.461. The summed E-state index contributed by atoms with van der Waals surface area (Å²) >= 11 is 0. The molecule has 3 aromatic rings. The van der Waals surface area contributed by atoms with Crippen molar-refractivity contribution in [2.24, 2.45) is 5.92 Å². The monoisotopic (exact) mass is 415 g/mol. The molecule has 2 bridgehead atoms. The molecule has 5 nitrogen and oxygen atoms in total. The zero-order valence-corrected chi connectivity index (χ0v) is 16.9. The minimum atomic E-state index is -0.927. The molecule has 1 atom stereocenters. The number of carboxylic acids is 1. The molecule has 158 valence electrons. The van der Waals surface area contributed by atoms with Crippen molar-refractivity contribution in [1.82, 2.24) is 14.8 Å². The first-order valence-corrected chi connectivity index (χ1v) is 10.7. The summed E-state index contributed by atoms with van der Waals surface area (Å²) in [6.07, 6.45) is 5.29. The quantitative estimate of drug-likeness (QED) is 0.608. The number of aromatic carboxylic acids is 1. The van der Waals surface area contributed by atoms with Gasteiger partial charge in [0.2, 0.25) is 0 Å². The molecule has 31 heavy (non-hydrogen) atoms. The second kappa shape index (κ2) is 9.18. The Bertz CT molecular complexity index is 1070. The number of piperidine rings is 3. The fourth-order valence-corrected chi connectivity index (χ4v) is 5.14. The van der Waals surface area contributed by atoms with Crippen LogP contribution in [0.4, 0.5) is 4.39 Å². The van der Waals surface area contributed by atoms with Crippen LogP contribution < -0.4 is 5.32 Å². The van der Waals surface area contributed by atoms with Gasteiger partial charge in [-0.1, -0.05) is 6.07 Å². The van der Waals surface area contributed by atoms with Crippen LogP contribution in [0.2, 0.25) is 0 Å². The molecule has 0 spiro atoms. The van der Waals surface area contributed by atoms with E-state index in [1.165, 1.54) is 38.1 Å². The van der Waals surface area contributed by atoms with E-state index in [4.69, 9.17) is 0 Å². The van der Waals surface area contributed by atoms with Crippen LogP contribution in [0.15, 0.2) is 48.7 Å². The molecule has 0 saturated carbocycles. The third-order valence-corrected chi connectivity index (χ3v) is 6.70. The molecule has 0 aliphatic carbocycles. The summed E-state index contributed by atoms with van der Waals surface area (Å²) in [5, 5.41) is 14.2. The Balaban J connectivity index is 0.00000231. The van der Waals surface area contributed by atoms with Gasteiger partial charge in [-0.05, 0) is 86.8 Å². The van der Waals surface area contributed by atoms with Crippen LogP contribution >= 0.6 is 0 Å². The summed E-state index contributed by atoms with van der Waals surface area (Å²) in [7, 11) is 0. The van der Waals surface area contributed by atoms with Crippen LogP contribution in [0.1, 0.15) is 28.8 Å². The molecule has 7 heteroatoms. The van der Waals surface area contributed by atoms with Gasteiger partial charge in [-0.2, -0.15) is 0 Å². The van der Waals surface area contributed by atoms with Crippen LogP contribution in [-0.4, -0.2) is 71.6 Å². The Morgan fingerprint density at radius 1 is 1.13 bits per heavy atom. The molecule has 3 fully saturated rings. The zero-order chi connectivity index (χ0) is 20.7. The average Bonchev–Trinajstić information content (AvgIpc) is 3.14. The molecule has 4 heterocycles. The molecule has 6 rings (SSSR count). The molecule has 3 aliphatic rings. The summed E-state index contributed by atoms with van der Waals surface area (Å²) < 4.78 is 15.4. The predicted octanol–water partition coefficient (Wildman–Crippen LogP) is 3.05. The van der Waals surface area contributed by atoms with Crippen LogP contribution in [0.5, 0.6) is 0 Å². The van der Waals surface area contributed by atoms with E-state index in [2.05, 4.69) is 10.2 Å². The Morgan fingerprint density at radius 3 is 2.52 bits per heavy atom. The number of rotatable bonds is 6. The zero-order valence-electron chi connectivity index (χ0n) is 16.9. The van der Waals surface area contributed by atoms with E-state index < -0.39 is 5.97 Å². The molecule has 2 N–H and O–H groups in total. The minimum absolute atomic E-state index is 0. The number of fused-ring (bicyclic) bond motifs is 4. The van der Waals surface area contributed by atoms with Crippen molar-refractivity contribution in [2.45, 2.75) is 25.3 Å². The van der Waals surface area contributed by atoms with Gasteiger partial charge in [-0.15, -0.1) is 0 Å². The molecule has 1 aromatic heterocycles. The Kier molecular flexibility index (Phi) is 6.54. The first-order chi connectivity index (χ1) is 14.6. The average molecular weight is 415 g/mol. The number of benzene rings is 2. The van der Waals surface area contributed by atoms with Gasteiger partial charge in [0.25, 0.3) is 0 Å². The summed E-state index contributed by atoms with van der Waals surface area (Å²) in [6.45, 7) is 4.36. The van der Waals surface area contributed by atoms with Gasteiger partial charge in [0.15, 0.2) is 0 Å².